The minimum Gasteiger partial charge on any atom is -0.309 e. The van der Waals surface area contributed by atoms with Gasteiger partial charge in [-0.05, 0) is 24.9 Å². The van der Waals surface area contributed by atoms with E-state index in [4.69, 9.17) is 0 Å². The molecule has 1 aromatic carbocycles. The maximum Gasteiger partial charge on any atom is 0.409 e. The number of rotatable bonds is 1. The molecule has 0 spiro atoms. The summed E-state index contributed by atoms with van der Waals surface area (Å²) in [4.78, 5) is 0. The van der Waals surface area contributed by atoms with E-state index in [1.807, 2.05) is 30.3 Å². The second kappa shape index (κ2) is 4.92. The van der Waals surface area contributed by atoms with Crippen LogP contribution in [0.4, 0.5) is 13.2 Å². The summed E-state index contributed by atoms with van der Waals surface area (Å²) in [5.74, 6) is 0. The van der Waals surface area contributed by atoms with E-state index in [0.717, 1.165) is 5.56 Å². The van der Waals surface area contributed by atoms with Crippen molar-refractivity contribution in [2.45, 2.75) is 25.1 Å². The van der Waals surface area contributed by atoms with Gasteiger partial charge >= 0.3 is 6.18 Å². The Hall–Kier alpha value is -1.29. The maximum absolute atomic E-state index is 12.3. The van der Waals surface area contributed by atoms with E-state index in [9.17, 15) is 13.2 Å². The quantitative estimate of drug-likeness (QED) is 0.741. The smallest absolute Gasteiger partial charge is 0.309 e. The molecule has 92 valence electrons. The van der Waals surface area contributed by atoms with Crippen molar-refractivity contribution < 1.29 is 13.2 Å². The number of alkyl halides is 3. The lowest BCUT2D eigenvalue weighted by molar-refractivity contribution is -0.0808. The largest absolute Gasteiger partial charge is 0.409 e. The van der Waals surface area contributed by atoms with Crippen LogP contribution in [0.15, 0.2) is 42.0 Å². The average Bonchev–Trinajstić information content (AvgIpc) is 2.28. The summed E-state index contributed by atoms with van der Waals surface area (Å²) in [6.07, 6.45) is -2.84. The first kappa shape index (κ1) is 12.2. The number of hydrogen-bond donors (Lipinski definition) is 1. The summed E-state index contributed by atoms with van der Waals surface area (Å²) >= 11 is 0. The Balaban J connectivity index is 2.11. The number of nitrogens with one attached hydrogen (secondary N) is 1. The van der Waals surface area contributed by atoms with Gasteiger partial charge in [0.1, 0.15) is 0 Å². The maximum atomic E-state index is 12.3. The first-order valence-electron chi connectivity index (χ1n) is 5.60. The van der Waals surface area contributed by atoms with Crippen LogP contribution in [0.2, 0.25) is 0 Å². The molecule has 1 saturated heterocycles. The molecule has 17 heavy (non-hydrogen) atoms. The fourth-order valence-corrected chi connectivity index (χ4v) is 2.13. The van der Waals surface area contributed by atoms with Crippen molar-refractivity contribution in [3.8, 4) is 0 Å². The van der Waals surface area contributed by atoms with Gasteiger partial charge in [0.15, 0.2) is 0 Å². The first-order valence-corrected chi connectivity index (χ1v) is 5.60. The van der Waals surface area contributed by atoms with Gasteiger partial charge in [0.25, 0.3) is 0 Å². The van der Waals surface area contributed by atoms with Crippen LogP contribution in [-0.2, 0) is 0 Å². The lowest BCUT2D eigenvalue weighted by atomic mass is 9.93. The van der Waals surface area contributed by atoms with Crippen LogP contribution < -0.4 is 5.32 Å². The second-order valence-corrected chi connectivity index (χ2v) is 4.22. The molecule has 2 rings (SSSR count). The molecule has 0 bridgehead atoms. The number of piperidine rings is 1. The van der Waals surface area contributed by atoms with Gasteiger partial charge in [0, 0.05) is 12.1 Å². The Morgan fingerprint density at radius 3 is 2.53 bits per heavy atom. The van der Waals surface area contributed by atoms with E-state index >= 15 is 0 Å². The van der Waals surface area contributed by atoms with Gasteiger partial charge in [-0.15, -0.1) is 0 Å². The molecule has 1 heterocycles. The van der Waals surface area contributed by atoms with E-state index < -0.39 is 6.18 Å². The molecule has 1 aromatic rings. The summed E-state index contributed by atoms with van der Waals surface area (Å²) in [5.41, 5.74) is 1.52. The fourth-order valence-electron chi connectivity index (χ4n) is 2.13. The average molecular weight is 241 g/mol. The van der Waals surface area contributed by atoms with Gasteiger partial charge in [0.05, 0.1) is 0 Å². The Labute approximate surface area is 98.3 Å². The molecule has 1 aliphatic rings. The van der Waals surface area contributed by atoms with E-state index in [1.165, 1.54) is 0 Å². The zero-order valence-corrected chi connectivity index (χ0v) is 9.30. The Kier molecular flexibility index (Phi) is 3.52. The molecule has 0 aliphatic carbocycles. The number of allylic oxidation sites excluding steroid dienone is 1. The van der Waals surface area contributed by atoms with E-state index in [2.05, 4.69) is 5.32 Å². The summed E-state index contributed by atoms with van der Waals surface area (Å²) in [7, 11) is 0. The predicted molar refractivity (Wildman–Crippen MR) is 60.6 cm³/mol. The van der Waals surface area contributed by atoms with Crippen molar-refractivity contribution in [3.05, 3.63) is 47.5 Å². The SMILES string of the molecule is FC(F)(F)C=C1CCNC(c2ccccc2)C1. The number of hydrogen-bond acceptors (Lipinski definition) is 1. The van der Waals surface area contributed by atoms with Gasteiger partial charge in [-0.25, -0.2) is 0 Å². The lowest BCUT2D eigenvalue weighted by Gasteiger charge is -2.26. The Morgan fingerprint density at radius 1 is 1.18 bits per heavy atom. The van der Waals surface area contributed by atoms with E-state index in [0.29, 0.717) is 31.0 Å². The van der Waals surface area contributed by atoms with Gasteiger partial charge in [-0.3, -0.25) is 0 Å². The van der Waals surface area contributed by atoms with Crippen LogP contribution in [0.5, 0.6) is 0 Å². The summed E-state index contributed by atoms with van der Waals surface area (Å²) in [6.45, 7) is 0.599. The normalized spacial score (nSPS) is 23.9. The van der Waals surface area contributed by atoms with Crippen LogP contribution in [0.25, 0.3) is 0 Å². The monoisotopic (exact) mass is 241 g/mol. The second-order valence-electron chi connectivity index (χ2n) is 4.22. The summed E-state index contributed by atoms with van der Waals surface area (Å²) < 4.78 is 36.8. The van der Waals surface area contributed by atoms with Crippen molar-refractivity contribution in [2.75, 3.05) is 6.54 Å². The van der Waals surface area contributed by atoms with Crippen molar-refractivity contribution in [1.82, 2.24) is 5.32 Å². The van der Waals surface area contributed by atoms with Gasteiger partial charge in [0.2, 0.25) is 0 Å². The van der Waals surface area contributed by atoms with Crippen molar-refractivity contribution in [1.29, 1.82) is 0 Å². The molecule has 1 N–H and O–H groups in total. The highest BCUT2D eigenvalue weighted by Crippen LogP contribution is 2.29. The van der Waals surface area contributed by atoms with Gasteiger partial charge in [-0.1, -0.05) is 35.9 Å². The summed E-state index contributed by atoms with van der Waals surface area (Å²) in [5, 5.41) is 3.24. The van der Waals surface area contributed by atoms with Gasteiger partial charge < -0.3 is 5.32 Å². The van der Waals surface area contributed by atoms with Crippen LogP contribution >= 0.6 is 0 Å². The first-order chi connectivity index (χ1) is 8.04. The molecule has 0 amide bonds. The third-order valence-electron chi connectivity index (χ3n) is 2.87. The highest BCUT2D eigenvalue weighted by atomic mass is 19.4. The number of benzene rings is 1. The minimum absolute atomic E-state index is 0.00134. The zero-order chi connectivity index (χ0) is 12.3. The van der Waals surface area contributed by atoms with Crippen molar-refractivity contribution >= 4 is 0 Å². The topological polar surface area (TPSA) is 12.0 Å². The van der Waals surface area contributed by atoms with Crippen molar-refractivity contribution in [3.63, 3.8) is 0 Å². The molecule has 1 fully saturated rings. The molecular weight excluding hydrogens is 227 g/mol. The molecule has 1 nitrogen and oxygen atoms in total. The summed E-state index contributed by atoms with van der Waals surface area (Å²) in [6, 6.07) is 9.58. The molecule has 0 radical (unpaired) electrons. The zero-order valence-electron chi connectivity index (χ0n) is 9.30. The lowest BCUT2D eigenvalue weighted by Crippen LogP contribution is -2.28. The van der Waals surface area contributed by atoms with Crippen LogP contribution in [0.1, 0.15) is 24.4 Å². The van der Waals surface area contributed by atoms with Gasteiger partial charge in [-0.2, -0.15) is 13.2 Å². The molecule has 1 atom stereocenters. The van der Waals surface area contributed by atoms with Crippen molar-refractivity contribution in [2.24, 2.45) is 0 Å². The molecule has 4 heteroatoms. The van der Waals surface area contributed by atoms with Crippen LogP contribution in [0, 0.1) is 0 Å². The Morgan fingerprint density at radius 2 is 1.88 bits per heavy atom. The molecule has 1 aliphatic heterocycles. The molecule has 0 aromatic heterocycles. The minimum atomic E-state index is -4.20. The van der Waals surface area contributed by atoms with E-state index in [1.54, 1.807) is 0 Å². The highest BCUT2D eigenvalue weighted by molar-refractivity contribution is 5.23. The van der Waals surface area contributed by atoms with E-state index in [-0.39, 0.29) is 6.04 Å². The van der Waals surface area contributed by atoms with Crippen LogP contribution in [0.3, 0.4) is 0 Å². The highest BCUT2D eigenvalue weighted by Gasteiger charge is 2.27. The molecule has 1 unspecified atom stereocenters. The predicted octanol–water partition coefficient (Wildman–Crippen LogP) is 3.60. The standard InChI is InChI=1S/C13H14F3N/c14-13(15,16)9-10-6-7-17-12(8-10)11-4-2-1-3-5-11/h1-5,9,12,17H,6-8H2. The third kappa shape index (κ3) is 3.60. The number of halogens is 3. The van der Waals surface area contributed by atoms with Crippen LogP contribution in [-0.4, -0.2) is 12.7 Å². The third-order valence-corrected chi connectivity index (χ3v) is 2.87. The molecule has 0 saturated carbocycles. The Bertz CT molecular complexity index is 395. The fraction of sp³-hybridized carbons (Fsp3) is 0.385. The molecular formula is C13H14F3N.